The minimum atomic E-state index is -0.255. The van der Waals surface area contributed by atoms with Crippen LogP contribution in [0.4, 0.5) is 4.79 Å². The topological polar surface area (TPSA) is 56.0 Å². The molecule has 1 fully saturated rings. The number of hydrogen-bond donors (Lipinski definition) is 1. The molecule has 1 aromatic heterocycles. The standard InChI is InChI=1S/C21H27N3O3/c1-4-27-21(26)23-12-10-22(11-13-23)15-20(25)19-14-16(2)24(17(19)3)18-8-6-5-7-9-18/h5-9,14H,4,10-13,15H2,1-3H3/p+1. The molecule has 0 atom stereocenters. The van der Waals surface area contributed by atoms with Crippen molar-refractivity contribution < 1.29 is 19.2 Å². The number of carbonyl (C=O) groups excluding carboxylic acids is 2. The van der Waals surface area contributed by atoms with Gasteiger partial charge in [0.2, 0.25) is 5.78 Å². The smallest absolute Gasteiger partial charge is 0.410 e. The number of para-hydroxylation sites is 1. The van der Waals surface area contributed by atoms with Crippen molar-refractivity contribution in [2.24, 2.45) is 0 Å². The Morgan fingerprint density at radius 3 is 2.41 bits per heavy atom. The molecule has 1 N–H and O–H groups in total. The minimum absolute atomic E-state index is 0.157. The Labute approximate surface area is 160 Å². The Morgan fingerprint density at radius 1 is 1.11 bits per heavy atom. The van der Waals surface area contributed by atoms with Gasteiger partial charge in [-0.2, -0.15) is 0 Å². The highest BCUT2D eigenvalue weighted by atomic mass is 16.6. The summed E-state index contributed by atoms with van der Waals surface area (Å²) in [6.45, 7) is 9.48. The number of nitrogens with zero attached hydrogens (tertiary/aromatic N) is 2. The summed E-state index contributed by atoms with van der Waals surface area (Å²) in [5, 5.41) is 0. The Balaban J connectivity index is 1.65. The summed E-state index contributed by atoms with van der Waals surface area (Å²) in [5.74, 6) is 0.157. The van der Waals surface area contributed by atoms with Crippen molar-refractivity contribution in [3.63, 3.8) is 0 Å². The Hall–Kier alpha value is -2.60. The molecular weight excluding hydrogens is 342 g/mol. The SMILES string of the molecule is CCOC(=O)N1CC[NH+](CC(=O)c2cc(C)n(-c3ccccc3)c2C)CC1. The van der Waals surface area contributed by atoms with Gasteiger partial charge in [-0.1, -0.05) is 18.2 Å². The summed E-state index contributed by atoms with van der Waals surface area (Å²) in [4.78, 5) is 27.6. The fourth-order valence-electron chi connectivity index (χ4n) is 3.74. The van der Waals surface area contributed by atoms with Crippen LogP contribution in [0.3, 0.4) is 0 Å². The number of carbonyl (C=O) groups is 2. The van der Waals surface area contributed by atoms with Gasteiger partial charge in [-0.15, -0.1) is 0 Å². The molecule has 144 valence electrons. The van der Waals surface area contributed by atoms with Crippen LogP contribution in [0.1, 0.15) is 28.7 Å². The van der Waals surface area contributed by atoms with Crippen molar-refractivity contribution in [2.45, 2.75) is 20.8 Å². The number of Topliss-reactive ketones (excluding diaryl/α,β-unsaturated/α-hetero) is 1. The Morgan fingerprint density at radius 2 is 1.78 bits per heavy atom. The molecule has 0 radical (unpaired) electrons. The number of rotatable bonds is 5. The monoisotopic (exact) mass is 370 g/mol. The molecule has 6 nitrogen and oxygen atoms in total. The Kier molecular flexibility index (Phi) is 5.96. The van der Waals surface area contributed by atoms with Gasteiger partial charge in [-0.3, -0.25) is 9.69 Å². The number of nitrogens with one attached hydrogen (secondary N) is 1. The van der Waals surface area contributed by atoms with Crippen molar-refractivity contribution in [1.29, 1.82) is 0 Å². The van der Waals surface area contributed by atoms with E-state index in [-0.39, 0.29) is 11.9 Å². The van der Waals surface area contributed by atoms with Crippen LogP contribution < -0.4 is 4.90 Å². The van der Waals surface area contributed by atoms with Gasteiger partial charge in [0.15, 0.2) is 0 Å². The summed E-state index contributed by atoms with van der Waals surface area (Å²) in [6, 6.07) is 12.1. The first-order chi connectivity index (χ1) is 13.0. The molecule has 2 aromatic rings. The highest BCUT2D eigenvalue weighted by Crippen LogP contribution is 2.20. The molecule has 0 spiro atoms. The number of ether oxygens (including phenoxy) is 1. The van der Waals surface area contributed by atoms with Crippen LogP contribution in [0.15, 0.2) is 36.4 Å². The quantitative estimate of drug-likeness (QED) is 0.814. The van der Waals surface area contributed by atoms with Crippen LogP contribution in [0.2, 0.25) is 0 Å². The zero-order chi connectivity index (χ0) is 19.4. The van der Waals surface area contributed by atoms with E-state index >= 15 is 0 Å². The average molecular weight is 370 g/mol. The Bertz CT molecular complexity index is 806. The van der Waals surface area contributed by atoms with E-state index in [1.54, 1.807) is 4.90 Å². The normalized spacial score (nSPS) is 15.0. The lowest BCUT2D eigenvalue weighted by molar-refractivity contribution is -0.895. The number of piperazine rings is 1. The molecule has 1 saturated heterocycles. The second kappa shape index (κ2) is 8.39. The molecule has 3 rings (SSSR count). The van der Waals surface area contributed by atoms with E-state index in [4.69, 9.17) is 4.74 Å². The lowest BCUT2D eigenvalue weighted by Gasteiger charge is -2.31. The highest BCUT2D eigenvalue weighted by molar-refractivity contribution is 5.98. The predicted octanol–water partition coefficient (Wildman–Crippen LogP) is 1.63. The van der Waals surface area contributed by atoms with E-state index in [0.29, 0.717) is 26.2 Å². The van der Waals surface area contributed by atoms with Crippen molar-refractivity contribution >= 4 is 11.9 Å². The van der Waals surface area contributed by atoms with Crippen LogP contribution in [0.25, 0.3) is 5.69 Å². The second-order valence-electron chi connectivity index (χ2n) is 6.99. The number of hydrogen-bond acceptors (Lipinski definition) is 3. The summed E-state index contributed by atoms with van der Waals surface area (Å²) in [6.07, 6.45) is -0.255. The van der Waals surface area contributed by atoms with Crippen molar-refractivity contribution in [2.75, 3.05) is 39.3 Å². The molecule has 1 amide bonds. The number of benzene rings is 1. The van der Waals surface area contributed by atoms with E-state index in [1.165, 1.54) is 4.90 Å². The van der Waals surface area contributed by atoms with E-state index in [9.17, 15) is 9.59 Å². The summed E-state index contributed by atoms with van der Waals surface area (Å²) < 4.78 is 7.17. The molecule has 1 aliphatic rings. The van der Waals surface area contributed by atoms with E-state index in [0.717, 1.165) is 35.7 Å². The average Bonchev–Trinajstić information content (AvgIpc) is 2.97. The van der Waals surface area contributed by atoms with E-state index in [1.807, 2.05) is 57.2 Å². The molecule has 1 aromatic carbocycles. The number of ketones is 1. The van der Waals surface area contributed by atoms with E-state index < -0.39 is 0 Å². The fourth-order valence-corrected chi connectivity index (χ4v) is 3.74. The summed E-state index contributed by atoms with van der Waals surface area (Å²) >= 11 is 0. The third-order valence-electron chi connectivity index (χ3n) is 5.15. The molecular formula is C21H28N3O3+. The van der Waals surface area contributed by atoms with Gasteiger partial charge in [-0.05, 0) is 39.0 Å². The number of amides is 1. The van der Waals surface area contributed by atoms with Crippen molar-refractivity contribution in [1.82, 2.24) is 9.47 Å². The van der Waals surface area contributed by atoms with Gasteiger partial charge >= 0.3 is 6.09 Å². The predicted molar refractivity (Wildman–Crippen MR) is 104 cm³/mol. The lowest BCUT2D eigenvalue weighted by atomic mass is 10.1. The first-order valence-electron chi connectivity index (χ1n) is 9.54. The molecule has 6 heteroatoms. The van der Waals surface area contributed by atoms with Crippen LogP contribution in [0.5, 0.6) is 0 Å². The third kappa shape index (κ3) is 4.22. The van der Waals surface area contributed by atoms with Crippen LogP contribution >= 0.6 is 0 Å². The molecule has 1 aliphatic heterocycles. The van der Waals surface area contributed by atoms with Gasteiger partial charge in [-0.25, -0.2) is 4.79 Å². The van der Waals surface area contributed by atoms with Crippen LogP contribution in [-0.2, 0) is 4.74 Å². The number of aromatic nitrogens is 1. The molecule has 0 bridgehead atoms. The first-order valence-corrected chi connectivity index (χ1v) is 9.54. The minimum Gasteiger partial charge on any atom is -0.450 e. The van der Waals surface area contributed by atoms with Crippen molar-refractivity contribution in [3.05, 3.63) is 53.3 Å². The molecule has 27 heavy (non-hydrogen) atoms. The van der Waals surface area contributed by atoms with Crippen LogP contribution in [-0.4, -0.2) is 60.7 Å². The van der Waals surface area contributed by atoms with Gasteiger partial charge < -0.3 is 14.2 Å². The van der Waals surface area contributed by atoms with Gasteiger partial charge in [0, 0.05) is 22.6 Å². The second-order valence-corrected chi connectivity index (χ2v) is 6.99. The zero-order valence-electron chi connectivity index (χ0n) is 16.3. The lowest BCUT2D eigenvalue weighted by Crippen LogP contribution is -3.15. The maximum atomic E-state index is 12.9. The summed E-state index contributed by atoms with van der Waals surface area (Å²) in [5.41, 5.74) is 3.90. The third-order valence-corrected chi connectivity index (χ3v) is 5.15. The fraction of sp³-hybridized carbons (Fsp3) is 0.429. The molecule has 0 saturated carbocycles. The zero-order valence-corrected chi connectivity index (χ0v) is 16.3. The summed E-state index contributed by atoms with van der Waals surface area (Å²) in [7, 11) is 0. The number of quaternary nitrogens is 1. The maximum absolute atomic E-state index is 12.9. The first kappa shape index (κ1) is 19.2. The molecule has 2 heterocycles. The largest absolute Gasteiger partial charge is 0.450 e. The molecule has 0 aliphatic carbocycles. The molecule has 0 unspecified atom stereocenters. The van der Waals surface area contributed by atoms with Gasteiger partial charge in [0.25, 0.3) is 0 Å². The van der Waals surface area contributed by atoms with Crippen LogP contribution in [0, 0.1) is 13.8 Å². The van der Waals surface area contributed by atoms with Gasteiger partial charge in [0.1, 0.15) is 6.54 Å². The van der Waals surface area contributed by atoms with Gasteiger partial charge in [0.05, 0.1) is 32.8 Å². The highest BCUT2D eigenvalue weighted by Gasteiger charge is 2.27. The van der Waals surface area contributed by atoms with Crippen molar-refractivity contribution in [3.8, 4) is 5.69 Å². The maximum Gasteiger partial charge on any atom is 0.410 e. The number of aryl methyl sites for hydroxylation is 1. The van der Waals surface area contributed by atoms with E-state index in [2.05, 4.69) is 4.57 Å².